The van der Waals surface area contributed by atoms with Crippen LogP contribution in [0.4, 0.5) is 17.1 Å². The number of fused-ring (bicyclic) bond motifs is 1. The third-order valence-electron chi connectivity index (χ3n) is 5.27. The van der Waals surface area contributed by atoms with Crippen LogP contribution in [0, 0.1) is 0 Å². The molecule has 32 heavy (non-hydrogen) atoms. The minimum Gasteiger partial charge on any atom is -0.467 e. The van der Waals surface area contributed by atoms with Gasteiger partial charge in [0, 0.05) is 37.1 Å². The van der Waals surface area contributed by atoms with Gasteiger partial charge in [0.05, 0.1) is 6.26 Å². The first kappa shape index (κ1) is 21.2. The molecule has 3 N–H and O–H groups in total. The van der Waals surface area contributed by atoms with Gasteiger partial charge in [0.15, 0.2) is 0 Å². The van der Waals surface area contributed by atoms with E-state index in [0.717, 1.165) is 18.7 Å². The molecule has 1 aliphatic rings. The van der Waals surface area contributed by atoms with Gasteiger partial charge in [-0.1, -0.05) is 24.3 Å². The molecule has 2 aromatic carbocycles. The summed E-state index contributed by atoms with van der Waals surface area (Å²) in [4.78, 5) is 38.3. The highest BCUT2D eigenvalue weighted by Crippen LogP contribution is 2.34. The van der Waals surface area contributed by atoms with Crippen LogP contribution in [0.5, 0.6) is 0 Å². The molecule has 0 radical (unpaired) electrons. The van der Waals surface area contributed by atoms with Gasteiger partial charge in [-0.05, 0) is 48.4 Å². The van der Waals surface area contributed by atoms with Crippen LogP contribution in [0.1, 0.15) is 24.3 Å². The van der Waals surface area contributed by atoms with Crippen molar-refractivity contribution in [3.63, 3.8) is 0 Å². The Bertz CT molecular complexity index is 1130. The molecule has 0 bridgehead atoms. The monoisotopic (exact) mass is 432 g/mol. The first-order valence-electron chi connectivity index (χ1n) is 10.4. The minimum atomic E-state index is -0.787. The van der Waals surface area contributed by atoms with Crippen molar-refractivity contribution in [3.8, 4) is 0 Å². The van der Waals surface area contributed by atoms with Gasteiger partial charge < -0.3 is 25.3 Å². The van der Waals surface area contributed by atoms with Crippen molar-refractivity contribution in [1.29, 1.82) is 0 Å². The lowest BCUT2D eigenvalue weighted by molar-refractivity contribution is -0.136. The summed E-state index contributed by atoms with van der Waals surface area (Å²) in [6.45, 7) is 2.40. The SMILES string of the molecule is CC(=O)Nc1cccc(NC(=O)C(=O)NC[C@@H](c2ccco2)N2CCc3ccccc32)c1. The van der Waals surface area contributed by atoms with E-state index in [0.29, 0.717) is 17.1 Å². The molecule has 3 amide bonds. The summed E-state index contributed by atoms with van der Waals surface area (Å²) in [7, 11) is 0. The molecule has 1 atom stereocenters. The van der Waals surface area contributed by atoms with Crippen LogP contribution >= 0.6 is 0 Å². The Kier molecular flexibility index (Phi) is 6.21. The summed E-state index contributed by atoms with van der Waals surface area (Å²) >= 11 is 0. The number of hydrogen-bond acceptors (Lipinski definition) is 5. The molecule has 0 saturated heterocycles. The molecule has 0 spiro atoms. The van der Waals surface area contributed by atoms with E-state index in [2.05, 4.69) is 33.0 Å². The number of benzene rings is 2. The Hall–Kier alpha value is -4.07. The van der Waals surface area contributed by atoms with E-state index < -0.39 is 11.8 Å². The predicted octanol–water partition coefficient (Wildman–Crippen LogP) is 3.10. The van der Waals surface area contributed by atoms with Crippen LogP contribution in [0.15, 0.2) is 71.3 Å². The summed E-state index contributed by atoms with van der Waals surface area (Å²) in [6.07, 6.45) is 2.51. The predicted molar refractivity (Wildman–Crippen MR) is 121 cm³/mol. The number of amides is 3. The number of carbonyl (C=O) groups is 3. The zero-order valence-electron chi connectivity index (χ0n) is 17.6. The van der Waals surface area contributed by atoms with Crippen LogP contribution in [-0.4, -0.2) is 30.8 Å². The topological polar surface area (TPSA) is 104 Å². The molecule has 2 heterocycles. The van der Waals surface area contributed by atoms with Crippen molar-refractivity contribution in [2.75, 3.05) is 28.6 Å². The number of carbonyl (C=O) groups excluding carboxylic acids is 3. The normalized spacial score (nSPS) is 13.2. The van der Waals surface area contributed by atoms with E-state index in [1.54, 1.807) is 36.6 Å². The molecule has 1 aliphatic heterocycles. The third kappa shape index (κ3) is 4.80. The van der Waals surface area contributed by atoms with Crippen LogP contribution in [-0.2, 0) is 20.8 Å². The highest BCUT2D eigenvalue weighted by Gasteiger charge is 2.29. The van der Waals surface area contributed by atoms with Gasteiger partial charge in [0.25, 0.3) is 0 Å². The fourth-order valence-corrected chi connectivity index (χ4v) is 3.87. The van der Waals surface area contributed by atoms with Crippen LogP contribution < -0.4 is 20.9 Å². The Labute approximate surface area is 185 Å². The summed E-state index contributed by atoms with van der Waals surface area (Å²) in [5.74, 6) is -1.05. The summed E-state index contributed by atoms with van der Waals surface area (Å²) in [5.41, 5.74) is 3.28. The minimum absolute atomic E-state index is 0.208. The Morgan fingerprint density at radius 1 is 0.969 bits per heavy atom. The lowest BCUT2D eigenvalue weighted by Crippen LogP contribution is -2.41. The lowest BCUT2D eigenvalue weighted by Gasteiger charge is -2.29. The van der Waals surface area contributed by atoms with Crippen LogP contribution in [0.3, 0.4) is 0 Å². The fourth-order valence-electron chi connectivity index (χ4n) is 3.87. The average molecular weight is 432 g/mol. The number of nitrogens with zero attached hydrogens (tertiary/aromatic N) is 1. The van der Waals surface area contributed by atoms with Gasteiger partial charge >= 0.3 is 11.8 Å². The van der Waals surface area contributed by atoms with Crippen molar-refractivity contribution in [2.24, 2.45) is 0 Å². The number of hydrogen-bond donors (Lipinski definition) is 3. The molecule has 164 valence electrons. The maximum absolute atomic E-state index is 12.5. The molecule has 0 fully saturated rings. The zero-order valence-corrected chi connectivity index (χ0v) is 17.6. The molecular weight excluding hydrogens is 408 g/mol. The fraction of sp³-hybridized carbons (Fsp3) is 0.208. The first-order chi connectivity index (χ1) is 15.5. The highest BCUT2D eigenvalue weighted by atomic mass is 16.3. The molecule has 8 heteroatoms. The summed E-state index contributed by atoms with van der Waals surface area (Å²) in [6, 6.07) is 18.2. The Balaban J connectivity index is 1.42. The smallest absolute Gasteiger partial charge is 0.313 e. The van der Waals surface area contributed by atoms with Gasteiger partial charge in [0.1, 0.15) is 11.8 Å². The molecule has 0 unspecified atom stereocenters. The average Bonchev–Trinajstić information content (AvgIpc) is 3.44. The zero-order chi connectivity index (χ0) is 22.5. The van der Waals surface area contributed by atoms with Crippen molar-refractivity contribution in [3.05, 3.63) is 78.3 Å². The first-order valence-corrected chi connectivity index (χ1v) is 10.4. The molecule has 1 aromatic heterocycles. The van der Waals surface area contributed by atoms with Crippen molar-refractivity contribution in [1.82, 2.24) is 5.32 Å². The van der Waals surface area contributed by atoms with Gasteiger partial charge in [0.2, 0.25) is 5.91 Å². The number of anilines is 3. The van der Waals surface area contributed by atoms with Gasteiger partial charge in [-0.25, -0.2) is 0 Å². The van der Waals surface area contributed by atoms with Crippen molar-refractivity contribution >= 4 is 34.8 Å². The molecule has 8 nitrogen and oxygen atoms in total. The maximum atomic E-state index is 12.5. The largest absolute Gasteiger partial charge is 0.467 e. The van der Waals surface area contributed by atoms with Crippen molar-refractivity contribution in [2.45, 2.75) is 19.4 Å². The second kappa shape index (κ2) is 9.38. The number of para-hydroxylation sites is 1. The number of nitrogens with one attached hydrogen (secondary N) is 3. The lowest BCUT2D eigenvalue weighted by atomic mass is 10.1. The van der Waals surface area contributed by atoms with Gasteiger partial charge in [-0.15, -0.1) is 0 Å². The Morgan fingerprint density at radius 3 is 2.50 bits per heavy atom. The standard InChI is InChI=1S/C24H24N4O4/c1-16(29)26-18-7-4-8-19(14-18)27-24(31)23(30)25-15-21(22-10-5-13-32-22)28-12-11-17-6-2-3-9-20(17)28/h2-10,13-14,21H,11-12,15H2,1H3,(H,25,30)(H,26,29)(H,27,31)/t21-/m0/s1. The number of furan rings is 1. The maximum Gasteiger partial charge on any atom is 0.313 e. The molecular formula is C24H24N4O4. The van der Waals surface area contributed by atoms with E-state index >= 15 is 0 Å². The van der Waals surface area contributed by atoms with E-state index in [4.69, 9.17) is 4.42 Å². The number of rotatable bonds is 6. The summed E-state index contributed by atoms with van der Waals surface area (Å²) < 4.78 is 5.63. The second-order valence-corrected chi connectivity index (χ2v) is 7.53. The highest BCUT2D eigenvalue weighted by molar-refractivity contribution is 6.39. The van der Waals surface area contributed by atoms with Crippen LogP contribution in [0.25, 0.3) is 0 Å². The van der Waals surface area contributed by atoms with E-state index in [1.165, 1.54) is 12.5 Å². The summed E-state index contributed by atoms with van der Waals surface area (Å²) in [5, 5.41) is 7.92. The van der Waals surface area contributed by atoms with Crippen molar-refractivity contribution < 1.29 is 18.8 Å². The second-order valence-electron chi connectivity index (χ2n) is 7.53. The molecule has 0 aliphatic carbocycles. The van der Waals surface area contributed by atoms with E-state index in [1.807, 2.05) is 18.2 Å². The molecule has 4 rings (SSSR count). The van der Waals surface area contributed by atoms with Crippen LogP contribution in [0.2, 0.25) is 0 Å². The quantitative estimate of drug-likeness (QED) is 0.520. The van der Waals surface area contributed by atoms with Gasteiger partial charge in [-0.2, -0.15) is 0 Å². The molecule has 3 aromatic rings. The third-order valence-corrected chi connectivity index (χ3v) is 5.27. The van der Waals surface area contributed by atoms with Gasteiger partial charge in [-0.3, -0.25) is 14.4 Å². The van der Waals surface area contributed by atoms with E-state index in [-0.39, 0.29) is 18.5 Å². The van der Waals surface area contributed by atoms with E-state index in [9.17, 15) is 14.4 Å². The Morgan fingerprint density at radius 2 is 1.75 bits per heavy atom. The molecule has 0 saturated carbocycles.